The fourth-order valence-corrected chi connectivity index (χ4v) is 3.92. The Labute approximate surface area is 143 Å². The minimum Gasteiger partial charge on any atom is -0.481 e. The summed E-state index contributed by atoms with van der Waals surface area (Å²) in [5.74, 6) is -3.15. The zero-order valence-corrected chi connectivity index (χ0v) is 13.3. The normalized spacial score (nSPS) is 23.6. The number of carboxylic acid groups (broad SMARTS) is 2. The standard InChI is InChI=1S/C19H17NO5/c20-19(18(23)24,13-9-12(13)17(21)22)16-10-5-1-3-7-14(10)25-15-8-4-2-6-11(15)16/h1-8,12-13,16H,9,20H2,(H,21,22)(H,23,24)/t12-,13-,19-/m0/s1. The van der Waals surface area contributed by atoms with Gasteiger partial charge in [0.25, 0.3) is 0 Å². The lowest BCUT2D eigenvalue weighted by molar-refractivity contribution is -0.145. The van der Waals surface area contributed by atoms with Crippen LogP contribution in [0.15, 0.2) is 48.5 Å². The summed E-state index contributed by atoms with van der Waals surface area (Å²) in [6.07, 6.45) is 0.264. The summed E-state index contributed by atoms with van der Waals surface area (Å²) >= 11 is 0. The summed E-state index contributed by atoms with van der Waals surface area (Å²) in [6, 6.07) is 14.3. The highest BCUT2D eigenvalue weighted by molar-refractivity contribution is 5.86. The third-order valence-electron chi connectivity index (χ3n) is 5.25. The van der Waals surface area contributed by atoms with E-state index in [-0.39, 0.29) is 6.42 Å². The van der Waals surface area contributed by atoms with E-state index in [1.54, 1.807) is 48.5 Å². The number of hydrogen-bond donors (Lipinski definition) is 3. The number of rotatable bonds is 4. The van der Waals surface area contributed by atoms with Crippen LogP contribution >= 0.6 is 0 Å². The number of carboxylic acids is 2. The molecule has 0 amide bonds. The molecule has 0 spiro atoms. The van der Waals surface area contributed by atoms with Gasteiger partial charge in [0.2, 0.25) is 0 Å². The molecular weight excluding hydrogens is 322 g/mol. The largest absolute Gasteiger partial charge is 0.481 e. The maximum Gasteiger partial charge on any atom is 0.324 e. The van der Waals surface area contributed by atoms with Crippen molar-refractivity contribution in [2.75, 3.05) is 0 Å². The summed E-state index contributed by atoms with van der Waals surface area (Å²) in [7, 11) is 0. The molecule has 25 heavy (non-hydrogen) atoms. The van der Waals surface area contributed by atoms with Gasteiger partial charge in [-0.25, -0.2) is 0 Å². The van der Waals surface area contributed by atoms with Gasteiger partial charge in [-0.2, -0.15) is 0 Å². The molecule has 0 bridgehead atoms. The number of aliphatic carboxylic acids is 2. The number of nitrogens with two attached hydrogens (primary N) is 1. The molecule has 1 saturated carbocycles. The number of fused-ring (bicyclic) bond motifs is 2. The van der Waals surface area contributed by atoms with E-state index in [1.807, 2.05) is 0 Å². The first-order valence-electron chi connectivity index (χ1n) is 8.05. The molecule has 0 saturated heterocycles. The minimum atomic E-state index is -1.72. The van der Waals surface area contributed by atoms with E-state index in [2.05, 4.69) is 0 Å². The third-order valence-corrected chi connectivity index (χ3v) is 5.25. The summed E-state index contributed by atoms with van der Waals surface area (Å²) in [4.78, 5) is 23.6. The van der Waals surface area contributed by atoms with Gasteiger partial charge in [-0.15, -0.1) is 0 Å². The highest BCUT2D eigenvalue weighted by Gasteiger charge is 2.63. The van der Waals surface area contributed by atoms with Crippen molar-refractivity contribution in [3.63, 3.8) is 0 Å². The molecule has 1 aliphatic carbocycles. The number of para-hydroxylation sites is 2. The molecule has 2 aromatic rings. The lowest BCUT2D eigenvalue weighted by atomic mass is 9.70. The van der Waals surface area contributed by atoms with Crippen LogP contribution in [0.3, 0.4) is 0 Å². The van der Waals surface area contributed by atoms with Crippen molar-refractivity contribution in [2.24, 2.45) is 17.6 Å². The first-order valence-corrected chi connectivity index (χ1v) is 8.05. The zero-order chi connectivity index (χ0) is 17.8. The van der Waals surface area contributed by atoms with Crippen LogP contribution in [0.2, 0.25) is 0 Å². The molecule has 0 unspecified atom stereocenters. The van der Waals surface area contributed by atoms with Crippen molar-refractivity contribution in [1.82, 2.24) is 0 Å². The van der Waals surface area contributed by atoms with Crippen LogP contribution in [0.1, 0.15) is 23.5 Å². The Morgan fingerprint density at radius 1 is 1.00 bits per heavy atom. The van der Waals surface area contributed by atoms with Crippen LogP contribution < -0.4 is 10.5 Å². The van der Waals surface area contributed by atoms with Crippen LogP contribution in [0.25, 0.3) is 0 Å². The highest BCUT2D eigenvalue weighted by Crippen LogP contribution is 2.56. The monoisotopic (exact) mass is 339 g/mol. The van der Waals surface area contributed by atoms with Gasteiger partial charge in [0, 0.05) is 23.0 Å². The zero-order valence-electron chi connectivity index (χ0n) is 13.3. The van der Waals surface area contributed by atoms with E-state index in [1.165, 1.54) is 0 Å². The molecule has 1 aliphatic heterocycles. The van der Waals surface area contributed by atoms with Crippen LogP contribution in [0, 0.1) is 11.8 Å². The Kier molecular flexibility index (Phi) is 3.33. The Morgan fingerprint density at radius 2 is 1.52 bits per heavy atom. The van der Waals surface area contributed by atoms with Gasteiger partial charge in [0.05, 0.1) is 5.92 Å². The maximum atomic E-state index is 12.2. The summed E-state index contributed by atoms with van der Waals surface area (Å²) in [5.41, 5.74) is 6.07. The predicted octanol–water partition coefficient (Wildman–Crippen LogP) is 2.43. The maximum absolute atomic E-state index is 12.2. The van der Waals surface area contributed by atoms with Gasteiger partial charge in [-0.05, 0) is 18.6 Å². The van der Waals surface area contributed by atoms with Crippen molar-refractivity contribution in [2.45, 2.75) is 17.9 Å². The van der Waals surface area contributed by atoms with Crippen molar-refractivity contribution >= 4 is 11.9 Å². The van der Waals surface area contributed by atoms with Gasteiger partial charge < -0.3 is 20.7 Å². The molecule has 4 rings (SSSR count). The van der Waals surface area contributed by atoms with Gasteiger partial charge in [0.15, 0.2) is 0 Å². The molecule has 3 atom stereocenters. The first kappa shape index (κ1) is 15.7. The third kappa shape index (κ3) is 2.21. The number of hydrogen-bond acceptors (Lipinski definition) is 4. The number of carbonyl (C=O) groups is 2. The molecule has 0 radical (unpaired) electrons. The first-order chi connectivity index (χ1) is 11.9. The fraction of sp³-hybridized carbons (Fsp3) is 0.263. The minimum absolute atomic E-state index is 0.264. The second kappa shape index (κ2) is 5.32. The van der Waals surface area contributed by atoms with Crippen LogP contribution in [-0.2, 0) is 9.59 Å². The lowest BCUT2D eigenvalue weighted by Crippen LogP contribution is -2.56. The van der Waals surface area contributed by atoms with E-state index in [4.69, 9.17) is 10.5 Å². The molecule has 1 fully saturated rings. The van der Waals surface area contributed by atoms with E-state index in [9.17, 15) is 19.8 Å². The average molecular weight is 339 g/mol. The number of ether oxygens (including phenoxy) is 1. The molecule has 0 aromatic heterocycles. The predicted molar refractivity (Wildman–Crippen MR) is 88.6 cm³/mol. The quantitative estimate of drug-likeness (QED) is 0.789. The van der Waals surface area contributed by atoms with Gasteiger partial charge in [-0.1, -0.05) is 36.4 Å². The summed E-state index contributed by atoms with van der Waals surface area (Å²) in [5, 5.41) is 19.3. The molecule has 6 heteroatoms. The van der Waals surface area contributed by atoms with Crippen molar-refractivity contribution < 1.29 is 24.5 Å². The van der Waals surface area contributed by atoms with E-state index >= 15 is 0 Å². The van der Waals surface area contributed by atoms with E-state index in [0.717, 1.165) is 0 Å². The lowest BCUT2D eigenvalue weighted by Gasteiger charge is -2.38. The molecule has 2 aromatic carbocycles. The van der Waals surface area contributed by atoms with Gasteiger partial charge >= 0.3 is 11.9 Å². The molecule has 6 nitrogen and oxygen atoms in total. The van der Waals surface area contributed by atoms with Crippen LogP contribution in [0.4, 0.5) is 0 Å². The molecule has 1 heterocycles. The highest BCUT2D eigenvalue weighted by atomic mass is 16.5. The molecular formula is C19H17NO5. The fourth-order valence-electron chi connectivity index (χ4n) is 3.92. The smallest absolute Gasteiger partial charge is 0.324 e. The second-order valence-electron chi connectivity index (χ2n) is 6.64. The van der Waals surface area contributed by atoms with E-state index in [0.29, 0.717) is 22.6 Å². The summed E-state index contributed by atoms with van der Waals surface area (Å²) < 4.78 is 5.89. The Balaban J connectivity index is 1.91. The SMILES string of the molecule is N[C@](C(=O)O)(C1c2ccccc2Oc2ccccc21)[C@H]1C[C@@H]1C(=O)O. The topological polar surface area (TPSA) is 110 Å². The Morgan fingerprint density at radius 3 is 1.96 bits per heavy atom. The van der Waals surface area contributed by atoms with Gasteiger partial charge in [0.1, 0.15) is 17.0 Å². The van der Waals surface area contributed by atoms with Gasteiger partial charge in [-0.3, -0.25) is 9.59 Å². The molecule has 2 aliphatic rings. The van der Waals surface area contributed by atoms with Crippen LogP contribution in [0.5, 0.6) is 11.5 Å². The molecule has 128 valence electrons. The Bertz CT molecular complexity index is 834. The second-order valence-corrected chi connectivity index (χ2v) is 6.64. The Hall–Kier alpha value is -2.86. The van der Waals surface area contributed by atoms with E-state index < -0.39 is 35.2 Å². The van der Waals surface area contributed by atoms with Crippen molar-refractivity contribution in [1.29, 1.82) is 0 Å². The molecule has 4 N–H and O–H groups in total. The van der Waals surface area contributed by atoms with Crippen molar-refractivity contribution in [3.8, 4) is 11.5 Å². The summed E-state index contributed by atoms with van der Waals surface area (Å²) in [6.45, 7) is 0. The van der Waals surface area contributed by atoms with Crippen LogP contribution in [-0.4, -0.2) is 27.7 Å². The van der Waals surface area contributed by atoms with Crippen molar-refractivity contribution in [3.05, 3.63) is 59.7 Å². The number of benzene rings is 2. The average Bonchev–Trinajstić information content (AvgIpc) is 3.40.